The Kier molecular flexibility index (Phi) is 4.40. The summed E-state index contributed by atoms with van der Waals surface area (Å²) in [5, 5.41) is 8.74. The molecule has 2 atom stereocenters. The van der Waals surface area contributed by atoms with Gasteiger partial charge in [-0.3, -0.25) is 9.30 Å². The van der Waals surface area contributed by atoms with Crippen molar-refractivity contribution in [1.29, 1.82) is 0 Å². The zero-order valence-electron chi connectivity index (χ0n) is 16.4. The van der Waals surface area contributed by atoms with Gasteiger partial charge in [-0.15, -0.1) is 10.2 Å². The normalized spacial score (nSPS) is 20.1. The van der Waals surface area contributed by atoms with E-state index in [1.54, 1.807) is 0 Å². The second kappa shape index (κ2) is 6.62. The smallest absolute Gasteiger partial charge is 0.161 e. The van der Waals surface area contributed by atoms with E-state index in [2.05, 4.69) is 41.1 Å². The van der Waals surface area contributed by atoms with E-state index in [4.69, 9.17) is 10.5 Å². The van der Waals surface area contributed by atoms with Gasteiger partial charge in [-0.1, -0.05) is 24.3 Å². The van der Waals surface area contributed by atoms with Crippen molar-refractivity contribution < 1.29 is 4.74 Å². The van der Waals surface area contributed by atoms with E-state index in [1.807, 2.05) is 49.0 Å². The average molecular weight is 365 g/mol. The summed E-state index contributed by atoms with van der Waals surface area (Å²) in [6, 6.07) is 12.3. The molecule has 1 aliphatic rings. The van der Waals surface area contributed by atoms with Crippen molar-refractivity contribution >= 4 is 5.65 Å². The fourth-order valence-corrected chi connectivity index (χ4v) is 3.63. The number of nitrogens with zero attached hydrogens (tertiary/aromatic N) is 4. The summed E-state index contributed by atoms with van der Waals surface area (Å²) in [7, 11) is 4.09. The van der Waals surface area contributed by atoms with Crippen molar-refractivity contribution in [2.75, 3.05) is 14.1 Å². The third-order valence-electron chi connectivity index (χ3n) is 5.80. The van der Waals surface area contributed by atoms with Crippen LogP contribution in [0.3, 0.4) is 0 Å². The van der Waals surface area contributed by atoms with Crippen LogP contribution in [0.1, 0.15) is 55.8 Å². The first kappa shape index (κ1) is 17.9. The first-order valence-corrected chi connectivity index (χ1v) is 9.41. The van der Waals surface area contributed by atoms with Gasteiger partial charge in [-0.05, 0) is 64.0 Å². The SMILES string of the molecule is CN(C)C(C)(C)c1nnc2ccc(O[C@@H]3CC[C@H](N)c4ccccc43)cn12. The number of benzene rings is 1. The Hall–Kier alpha value is -2.44. The van der Waals surface area contributed by atoms with Crippen LogP contribution in [0.5, 0.6) is 5.75 Å². The summed E-state index contributed by atoms with van der Waals surface area (Å²) >= 11 is 0. The molecular weight excluding hydrogens is 338 g/mol. The highest BCUT2D eigenvalue weighted by molar-refractivity contribution is 5.43. The summed E-state index contributed by atoms with van der Waals surface area (Å²) < 4.78 is 8.41. The van der Waals surface area contributed by atoms with Crippen LogP contribution in [0.2, 0.25) is 0 Å². The summed E-state index contributed by atoms with van der Waals surface area (Å²) in [4.78, 5) is 2.13. The minimum absolute atomic E-state index is 0.0141. The molecule has 0 saturated heterocycles. The average Bonchev–Trinajstić information content (AvgIpc) is 3.08. The minimum atomic E-state index is -0.248. The monoisotopic (exact) mass is 365 g/mol. The topological polar surface area (TPSA) is 68.7 Å². The van der Waals surface area contributed by atoms with Gasteiger partial charge < -0.3 is 10.5 Å². The van der Waals surface area contributed by atoms with Crippen LogP contribution in [0.4, 0.5) is 0 Å². The number of hydrogen-bond acceptors (Lipinski definition) is 5. The van der Waals surface area contributed by atoms with E-state index in [0.29, 0.717) is 0 Å². The number of ether oxygens (including phenoxy) is 1. The Morgan fingerprint density at radius 1 is 1.07 bits per heavy atom. The predicted molar refractivity (Wildman–Crippen MR) is 106 cm³/mol. The number of rotatable bonds is 4. The molecule has 2 N–H and O–H groups in total. The third kappa shape index (κ3) is 3.09. The number of hydrogen-bond donors (Lipinski definition) is 1. The maximum atomic E-state index is 6.39. The van der Waals surface area contributed by atoms with Gasteiger partial charge in [-0.2, -0.15) is 0 Å². The molecule has 142 valence electrons. The lowest BCUT2D eigenvalue weighted by molar-refractivity contribution is 0.174. The molecule has 0 aliphatic heterocycles. The maximum Gasteiger partial charge on any atom is 0.161 e. The fourth-order valence-electron chi connectivity index (χ4n) is 3.63. The van der Waals surface area contributed by atoms with Crippen LogP contribution in [0, 0.1) is 0 Å². The standard InChI is InChI=1S/C21H27N5O/c1-21(2,25(3)4)20-24-23-19-12-9-14(13-26(19)20)27-18-11-10-17(22)15-7-5-6-8-16(15)18/h5-9,12-13,17-18H,10-11,22H2,1-4H3/t17-,18+/m0/s1. The van der Waals surface area contributed by atoms with E-state index in [-0.39, 0.29) is 17.7 Å². The highest BCUT2D eigenvalue weighted by atomic mass is 16.5. The lowest BCUT2D eigenvalue weighted by atomic mass is 9.86. The Bertz CT molecular complexity index is 962. The minimum Gasteiger partial charge on any atom is -0.484 e. The molecule has 3 aromatic rings. The van der Waals surface area contributed by atoms with E-state index < -0.39 is 0 Å². The number of fused-ring (bicyclic) bond motifs is 2. The summed E-state index contributed by atoms with van der Waals surface area (Å²) in [5.74, 6) is 1.70. The van der Waals surface area contributed by atoms with Gasteiger partial charge in [0, 0.05) is 6.04 Å². The molecule has 0 saturated carbocycles. The van der Waals surface area contributed by atoms with Crippen molar-refractivity contribution in [1.82, 2.24) is 19.5 Å². The number of nitrogens with two attached hydrogens (primary N) is 1. The molecule has 0 fully saturated rings. The van der Waals surface area contributed by atoms with E-state index in [9.17, 15) is 0 Å². The van der Waals surface area contributed by atoms with E-state index in [0.717, 1.165) is 30.1 Å². The molecule has 2 heterocycles. The van der Waals surface area contributed by atoms with Gasteiger partial charge in [0.1, 0.15) is 11.9 Å². The lowest BCUT2D eigenvalue weighted by Crippen LogP contribution is -2.37. The Morgan fingerprint density at radius 2 is 1.81 bits per heavy atom. The molecule has 2 aromatic heterocycles. The zero-order valence-corrected chi connectivity index (χ0v) is 16.4. The van der Waals surface area contributed by atoms with Crippen molar-refractivity contribution in [3.05, 3.63) is 59.5 Å². The van der Waals surface area contributed by atoms with Gasteiger partial charge in [-0.25, -0.2) is 0 Å². The van der Waals surface area contributed by atoms with Gasteiger partial charge in [0.25, 0.3) is 0 Å². The van der Waals surface area contributed by atoms with Crippen molar-refractivity contribution in [3.63, 3.8) is 0 Å². The second-order valence-corrected chi connectivity index (χ2v) is 7.99. The van der Waals surface area contributed by atoms with Crippen molar-refractivity contribution in [2.45, 2.75) is 44.4 Å². The third-order valence-corrected chi connectivity index (χ3v) is 5.80. The summed E-state index contributed by atoms with van der Waals surface area (Å²) in [6.45, 7) is 4.27. The number of pyridine rings is 1. The second-order valence-electron chi connectivity index (χ2n) is 7.99. The lowest BCUT2D eigenvalue weighted by Gasteiger charge is -2.31. The predicted octanol–water partition coefficient (Wildman–Crippen LogP) is 3.44. The largest absolute Gasteiger partial charge is 0.484 e. The molecule has 0 amide bonds. The zero-order chi connectivity index (χ0) is 19.2. The molecule has 0 unspecified atom stereocenters. The molecule has 0 spiro atoms. The molecule has 0 radical (unpaired) electrons. The van der Waals surface area contributed by atoms with Crippen LogP contribution in [0.25, 0.3) is 5.65 Å². The maximum absolute atomic E-state index is 6.39. The highest BCUT2D eigenvalue weighted by Crippen LogP contribution is 2.37. The van der Waals surface area contributed by atoms with E-state index in [1.165, 1.54) is 11.1 Å². The quantitative estimate of drug-likeness (QED) is 0.767. The van der Waals surface area contributed by atoms with Crippen molar-refractivity contribution in [2.24, 2.45) is 5.73 Å². The van der Waals surface area contributed by atoms with Gasteiger partial charge >= 0.3 is 0 Å². The molecule has 0 bridgehead atoms. The van der Waals surface area contributed by atoms with Crippen LogP contribution in [0.15, 0.2) is 42.6 Å². The first-order valence-electron chi connectivity index (χ1n) is 9.41. The molecular formula is C21H27N5O. The van der Waals surface area contributed by atoms with Crippen LogP contribution < -0.4 is 10.5 Å². The molecule has 6 heteroatoms. The Labute approximate surface area is 160 Å². The number of aromatic nitrogens is 3. The van der Waals surface area contributed by atoms with Gasteiger partial charge in [0.05, 0.1) is 11.7 Å². The molecule has 1 aromatic carbocycles. The molecule has 4 rings (SSSR count). The highest BCUT2D eigenvalue weighted by Gasteiger charge is 2.30. The molecule has 27 heavy (non-hydrogen) atoms. The van der Waals surface area contributed by atoms with E-state index >= 15 is 0 Å². The molecule has 6 nitrogen and oxygen atoms in total. The summed E-state index contributed by atoms with van der Waals surface area (Å²) in [5.41, 5.74) is 9.23. The van der Waals surface area contributed by atoms with Crippen LogP contribution in [-0.4, -0.2) is 33.6 Å². The van der Waals surface area contributed by atoms with Gasteiger partial charge in [0.2, 0.25) is 0 Å². The molecule has 1 aliphatic carbocycles. The van der Waals surface area contributed by atoms with Crippen molar-refractivity contribution in [3.8, 4) is 5.75 Å². The van der Waals surface area contributed by atoms with Crippen LogP contribution in [-0.2, 0) is 5.54 Å². The fraction of sp³-hybridized carbons (Fsp3) is 0.429. The Balaban J connectivity index is 1.69. The first-order chi connectivity index (χ1) is 12.9. The van der Waals surface area contributed by atoms with Crippen LogP contribution >= 0.6 is 0 Å². The van der Waals surface area contributed by atoms with Gasteiger partial charge in [0.15, 0.2) is 11.5 Å². The Morgan fingerprint density at radius 3 is 2.56 bits per heavy atom. The summed E-state index contributed by atoms with van der Waals surface area (Å²) in [6.07, 6.45) is 3.84.